The van der Waals surface area contributed by atoms with Crippen LogP contribution in [0.15, 0.2) is 24.3 Å². The van der Waals surface area contributed by atoms with Crippen LogP contribution in [0.2, 0.25) is 0 Å². The van der Waals surface area contributed by atoms with Crippen molar-refractivity contribution in [1.82, 2.24) is 10.2 Å². The summed E-state index contributed by atoms with van der Waals surface area (Å²) in [6.07, 6.45) is -0.802. The average Bonchev–Trinajstić information content (AvgIpc) is 2.67. The van der Waals surface area contributed by atoms with Crippen LogP contribution in [0.4, 0.5) is 21.0 Å². The van der Waals surface area contributed by atoms with Crippen molar-refractivity contribution in [3.05, 3.63) is 24.3 Å². The standard InChI is InChI=1S/C21H30N4O5/c1-15(26)22-18-9-10-25(20(28)29-18)17-7-5-16(6-8-17)23-11-13-24(14-12-23)19(27)30-21(2,3)4/h5-8,18H,9-14H2,1-4H3,(H,22,26). The van der Waals surface area contributed by atoms with Crippen molar-refractivity contribution < 1.29 is 23.9 Å². The monoisotopic (exact) mass is 418 g/mol. The molecule has 2 aliphatic rings. The van der Waals surface area contributed by atoms with Gasteiger partial charge in [0, 0.05) is 57.4 Å². The molecule has 0 saturated carbocycles. The van der Waals surface area contributed by atoms with Crippen LogP contribution in [0.3, 0.4) is 0 Å². The molecule has 0 aliphatic carbocycles. The molecule has 0 bridgehead atoms. The van der Waals surface area contributed by atoms with Gasteiger partial charge in [-0.2, -0.15) is 0 Å². The third-order valence-corrected chi connectivity index (χ3v) is 4.90. The van der Waals surface area contributed by atoms with Gasteiger partial charge in [0.05, 0.1) is 0 Å². The fraction of sp³-hybridized carbons (Fsp3) is 0.571. The summed E-state index contributed by atoms with van der Waals surface area (Å²) in [6.45, 7) is 10.1. The van der Waals surface area contributed by atoms with E-state index in [1.54, 1.807) is 9.80 Å². The van der Waals surface area contributed by atoms with E-state index >= 15 is 0 Å². The fourth-order valence-electron chi connectivity index (χ4n) is 3.46. The molecule has 1 unspecified atom stereocenters. The van der Waals surface area contributed by atoms with E-state index in [4.69, 9.17) is 9.47 Å². The zero-order valence-electron chi connectivity index (χ0n) is 18.0. The molecule has 2 aliphatic heterocycles. The van der Waals surface area contributed by atoms with Crippen LogP contribution in [0, 0.1) is 0 Å². The maximum absolute atomic E-state index is 12.3. The number of cyclic esters (lactones) is 1. The molecule has 2 heterocycles. The zero-order chi connectivity index (χ0) is 21.9. The molecule has 0 aromatic heterocycles. The Balaban J connectivity index is 1.54. The number of carbonyl (C=O) groups excluding carboxylic acids is 3. The SMILES string of the molecule is CC(=O)NC1CCN(c2ccc(N3CCN(C(=O)OC(C)(C)C)CC3)cc2)C(=O)O1. The lowest BCUT2D eigenvalue weighted by Gasteiger charge is -2.37. The summed E-state index contributed by atoms with van der Waals surface area (Å²) in [6, 6.07) is 7.70. The highest BCUT2D eigenvalue weighted by Gasteiger charge is 2.29. The molecule has 164 valence electrons. The lowest BCUT2D eigenvalue weighted by Crippen LogP contribution is -2.50. The van der Waals surface area contributed by atoms with Gasteiger partial charge in [0.15, 0.2) is 6.23 Å². The minimum atomic E-state index is -0.577. The Bertz CT molecular complexity index is 782. The lowest BCUT2D eigenvalue weighted by molar-refractivity contribution is -0.122. The summed E-state index contributed by atoms with van der Waals surface area (Å²) >= 11 is 0. The molecule has 3 amide bonds. The second-order valence-corrected chi connectivity index (χ2v) is 8.48. The van der Waals surface area contributed by atoms with Gasteiger partial charge in [-0.3, -0.25) is 9.69 Å². The maximum atomic E-state index is 12.3. The van der Waals surface area contributed by atoms with Crippen molar-refractivity contribution in [1.29, 1.82) is 0 Å². The van der Waals surface area contributed by atoms with Crippen molar-refractivity contribution in [3.8, 4) is 0 Å². The Morgan fingerprint density at radius 2 is 1.63 bits per heavy atom. The van der Waals surface area contributed by atoms with E-state index in [2.05, 4.69) is 10.2 Å². The largest absolute Gasteiger partial charge is 0.444 e. The van der Waals surface area contributed by atoms with Crippen molar-refractivity contribution in [2.24, 2.45) is 0 Å². The third-order valence-electron chi connectivity index (χ3n) is 4.90. The Morgan fingerprint density at radius 3 is 2.17 bits per heavy atom. The highest BCUT2D eigenvalue weighted by atomic mass is 16.6. The summed E-state index contributed by atoms with van der Waals surface area (Å²) in [5.41, 5.74) is 1.28. The van der Waals surface area contributed by atoms with Gasteiger partial charge in [0.1, 0.15) is 5.60 Å². The van der Waals surface area contributed by atoms with Crippen LogP contribution in [0.5, 0.6) is 0 Å². The third kappa shape index (κ3) is 5.55. The molecular weight excluding hydrogens is 388 g/mol. The highest BCUT2D eigenvalue weighted by molar-refractivity contribution is 5.89. The number of nitrogens with zero attached hydrogens (tertiary/aromatic N) is 3. The number of carbonyl (C=O) groups is 3. The minimum absolute atomic E-state index is 0.225. The van der Waals surface area contributed by atoms with E-state index < -0.39 is 17.9 Å². The molecule has 30 heavy (non-hydrogen) atoms. The Kier molecular flexibility index (Phi) is 6.38. The number of amides is 3. The normalized spacial score (nSPS) is 19.9. The number of benzene rings is 1. The summed E-state index contributed by atoms with van der Waals surface area (Å²) in [5.74, 6) is -0.225. The van der Waals surface area contributed by atoms with E-state index in [1.807, 2.05) is 45.0 Å². The van der Waals surface area contributed by atoms with Gasteiger partial charge < -0.3 is 24.6 Å². The molecule has 2 saturated heterocycles. The first-order valence-electron chi connectivity index (χ1n) is 10.2. The lowest BCUT2D eigenvalue weighted by atomic mass is 10.2. The van der Waals surface area contributed by atoms with Gasteiger partial charge in [0.2, 0.25) is 5.91 Å². The molecule has 1 N–H and O–H groups in total. The van der Waals surface area contributed by atoms with Gasteiger partial charge in [-0.15, -0.1) is 0 Å². The molecular formula is C21H30N4O5. The predicted molar refractivity (Wildman–Crippen MR) is 113 cm³/mol. The summed E-state index contributed by atoms with van der Waals surface area (Å²) in [7, 11) is 0. The van der Waals surface area contributed by atoms with Gasteiger partial charge >= 0.3 is 12.2 Å². The van der Waals surface area contributed by atoms with Gasteiger partial charge in [-0.1, -0.05) is 0 Å². The molecule has 0 radical (unpaired) electrons. The Hall–Kier alpha value is -2.97. The fourth-order valence-corrected chi connectivity index (χ4v) is 3.46. The van der Waals surface area contributed by atoms with Crippen molar-refractivity contribution >= 4 is 29.5 Å². The van der Waals surface area contributed by atoms with Crippen molar-refractivity contribution in [3.63, 3.8) is 0 Å². The van der Waals surface area contributed by atoms with Crippen LogP contribution in [0.1, 0.15) is 34.1 Å². The molecule has 1 aromatic rings. The first-order chi connectivity index (χ1) is 14.1. The second-order valence-electron chi connectivity index (χ2n) is 8.48. The van der Waals surface area contributed by atoms with Crippen LogP contribution < -0.4 is 15.1 Å². The van der Waals surface area contributed by atoms with Gasteiger partial charge in [-0.25, -0.2) is 9.59 Å². The first-order valence-corrected chi connectivity index (χ1v) is 10.2. The Morgan fingerprint density at radius 1 is 1.03 bits per heavy atom. The smallest absolute Gasteiger partial charge is 0.416 e. The van der Waals surface area contributed by atoms with Crippen LogP contribution >= 0.6 is 0 Å². The number of anilines is 2. The summed E-state index contributed by atoms with van der Waals surface area (Å²) in [4.78, 5) is 41.1. The van der Waals surface area contributed by atoms with Gasteiger partial charge in [-0.05, 0) is 45.0 Å². The van der Waals surface area contributed by atoms with E-state index in [0.29, 0.717) is 39.1 Å². The van der Waals surface area contributed by atoms with Crippen molar-refractivity contribution in [2.45, 2.75) is 45.9 Å². The molecule has 1 aromatic carbocycles. The number of ether oxygens (including phenoxy) is 2. The number of hydrogen-bond acceptors (Lipinski definition) is 6. The van der Waals surface area contributed by atoms with Crippen LogP contribution in [-0.4, -0.2) is 67.5 Å². The number of hydrogen-bond donors (Lipinski definition) is 1. The molecule has 1 atom stereocenters. The quantitative estimate of drug-likeness (QED) is 0.811. The van der Waals surface area contributed by atoms with Crippen molar-refractivity contribution in [2.75, 3.05) is 42.5 Å². The molecule has 9 nitrogen and oxygen atoms in total. The molecule has 0 spiro atoms. The minimum Gasteiger partial charge on any atom is -0.444 e. The van der Waals surface area contributed by atoms with Crippen LogP contribution in [-0.2, 0) is 14.3 Å². The summed E-state index contributed by atoms with van der Waals surface area (Å²) in [5, 5.41) is 2.61. The molecule has 9 heteroatoms. The van der Waals surface area contributed by atoms with E-state index in [0.717, 1.165) is 11.4 Å². The maximum Gasteiger partial charge on any atom is 0.416 e. The summed E-state index contributed by atoms with van der Waals surface area (Å²) < 4.78 is 10.7. The zero-order valence-corrected chi connectivity index (χ0v) is 18.0. The number of nitrogens with one attached hydrogen (secondary N) is 1. The second kappa shape index (κ2) is 8.81. The molecule has 3 rings (SSSR count). The first kappa shape index (κ1) is 21.7. The number of rotatable bonds is 3. The Labute approximate surface area is 176 Å². The highest BCUT2D eigenvalue weighted by Crippen LogP contribution is 2.25. The van der Waals surface area contributed by atoms with E-state index in [-0.39, 0.29) is 12.0 Å². The topological polar surface area (TPSA) is 91.4 Å². The van der Waals surface area contributed by atoms with E-state index in [1.165, 1.54) is 6.92 Å². The number of piperazine rings is 1. The predicted octanol–water partition coefficient (Wildman–Crippen LogP) is 2.55. The van der Waals surface area contributed by atoms with Gasteiger partial charge in [0.25, 0.3) is 0 Å². The van der Waals surface area contributed by atoms with Crippen LogP contribution in [0.25, 0.3) is 0 Å². The molecule has 2 fully saturated rings. The van der Waals surface area contributed by atoms with E-state index in [9.17, 15) is 14.4 Å². The average molecular weight is 418 g/mol.